The molecule has 11 aromatic rings. The van der Waals surface area contributed by atoms with Crippen molar-refractivity contribution in [2.45, 2.75) is 105 Å². The van der Waals surface area contributed by atoms with E-state index in [1.165, 1.54) is 50.2 Å². The lowest BCUT2D eigenvalue weighted by molar-refractivity contribution is 0.483. The second kappa shape index (κ2) is 18.3. The van der Waals surface area contributed by atoms with Gasteiger partial charge in [0.25, 0.3) is 0 Å². The Balaban J connectivity index is 0.974. The highest BCUT2D eigenvalue weighted by Gasteiger charge is 2.33. The van der Waals surface area contributed by atoms with Gasteiger partial charge in [-0.2, -0.15) is 0 Å². The summed E-state index contributed by atoms with van der Waals surface area (Å²) in [5, 5.41) is 3.86. The zero-order valence-corrected chi connectivity index (χ0v) is 47.0. The number of benzene rings is 8. The number of rotatable bonds is 7. The molecule has 0 spiro atoms. The van der Waals surface area contributed by atoms with E-state index in [4.69, 9.17) is 20.7 Å². The highest BCUT2D eigenvalue weighted by Crippen LogP contribution is 2.52. The molecule has 0 N–H and O–H groups in total. The second-order valence-corrected chi connectivity index (χ2v) is 25.3. The number of para-hydroxylation sites is 3. The largest absolute Gasteiger partial charge is 0.466 e. The van der Waals surface area contributed by atoms with Crippen molar-refractivity contribution in [2.24, 2.45) is 0 Å². The van der Waals surface area contributed by atoms with Crippen LogP contribution in [0.5, 0.6) is 11.5 Å². The van der Waals surface area contributed by atoms with Gasteiger partial charge in [-0.05, 0) is 128 Å². The predicted octanol–water partition coefficient (Wildman–Crippen LogP) is 20.2. The summed E-state index contributed by atoms with van der Waals surface area (Å²) in [4.78, 5) is 13.7. The normalized spacial score (nSPS) is 13.3. The standard InChI is InChI=1S/C71H67N5O2/c1-68(2,3)46-28-24-44(25-29-46)56-38-49(71(10,11)12)39-57(45-26-30-47(31-27-45)69(4,5)6)65(56)75-43-74(59-22-14-15-23-60(59)75)50-18-16-19-51(41-50)77-52-32-33-55-62(42-52)76(63-40-48(36-37-73-63)70(7,8)9)61-35-34-54-53-20-17-21-58(72-13)66(53)78-67(54)64(55)61/h14-42H,43H2,1-12H3. The summed E-state index contributed by atoms with van der Waals surface area (Å²) in [6, 6.07) is 61.2. The number of hydrogen-bond acceptors (Lipinski definition) is 5. The van der Waals surface area contributed by atoms with E-state index < -0.39 is 0 Å². The molecule has 0 amide bonds. The first-order chi connectivity index (χ1) is 37.1. The van der Waals surface area contributed by atoms with Crippen molar-refractivity contribution >= 4 is 72.2 Å². The van der Waals surface area contributed by atoms with E-state index in [2.05, 4.69) is 242 Å². The van der Waals surface area contributed by atoms with Gasteiger partial charge in [-0.1, -0.05) is 168 Å². The molecule has 7 nitrogen and oxygen atoms in total. The Labute approximate surface area is 459 Å². The first kappa shape index (κ1) is 50.2. The third-order valence-electron chi connectivity index (χ3n) is 15.8. The van der Waals surface area contributed by atoms with Crippen molar-refractivity contribution in [3.05, 3.63) is 210 Å². The van der Waals surface area contributed by atoms with Crippen LogP contribution in [0.2, 0.25) is 0 Å². The Kier molecular flexibility index (Phi) is 11.8. The van der Waals surface area contributed by atoms with Crippen LogP contribution in [-0.2, 0) is 21.7 Å². The zero-order valence-electron chi connectivity index (χ0n) is 47.0. The van der Waals surface area contributed by atoms with Gasteiger partial charge >= 0.3 is 0 Å². The van der Waals surface area contributed by atoms with Crippen molar-refractivity contribution in [3.63, 3.8) is 0 Å². The number of pyridine rings is 1. The third kappa shape index (κ3) is 8.74. The lowest BCUT2D eigenvalue weighted by atomic mass is 9.81. The lowest BCUT2D eigenvalue weighted by Crippen LogP contribution is -2.25. The summed E-state index contributed by atoms with van der Waals surface area (Å²) in [7, 11) is 0. The summed E-state index contributed by atoms with van der Waals surface area (Å²) in [5.41, 5.74) is 17.9. The summed E-state index contributed by atoms with van der Waals surface area (Å²) in [6.45, 7) is 35.8. The van der Waals surface area contributed by atoms with Crippen LogP contribution in [0, 0.1) is 6.57 Å². The molecule has 0 aliphatic carbocycles. The first-order valence-electron chi connectivity index (χ1n) is 27.2. The molecule has 7 heteroatoms. The Bertz CT molecular complexity index is 4120. The number of hydrogen-bond donors (Lipinski definition) is 0. The van der Waals surface area contributed by atoms with E-state index in [1.54, 1.807) is 0 Å². The monoisotopic (exact) mass is 1020 g/mol. The van der Waals surface area contributed by atoms with Crippen LogP contribution in [0.15, 0.2) is 180 Å². The third-order valence-corrected chi connectivity index (χ3v) is 15.8. The summed E-state index contributed by atoms with van der Waals surface area (Å²) in [6.07, 6.45) is 1.90. The van der Waals surface area contributed by atoms with Crippen LogP contribution in [-0.4, -0.2) is 16.2 Å². The highest BCUT2D eigenvalue weighted by atomic mass is 16.5. The SMILES string of the molecule is [C-]#[N+]c1cccc2c1oc1c2ccc2c1c1ccc(Oc3cccc(N4CN(c5c(-c6ccc(C(C)(C)C)cc6)cc(C(C)(C)C)cc5-c5ccc(C(C)(C)C)cc5)c5ccccc54)c3)cc1n2-c1cc(C(C)(C)C)ccn1. The number of fused-ring (bicyclic) bond motifs is 8. The topological polar surface area (TPSA) is 51.0 Å². The summed E-state index contributed by atoms with van der Waals surface area (Å²) < 4.78 is 15.9. The molecule has 0 saturated heterocycles. The molecule has 0 atom stereocenters. The minimum atomic E-state index is -0.103. The van der Waals surface area contributed by atoms with Crippen molar-refractivity contribution < 1.29 is 9.15 Å². The fraction of sp³-hybridized carbons (Fsp3) is 0.239. The molecule has 12 rings (SSSR count). The Morgan fingerprint density at radius 1 is 0.487 bits per heavy atom. The molecule has 0 unspecified atom stereocenters. The van der Waals surface area contributed by atoms with Gasteiger partial charge in [0.15, 0.2) is 0 Å². The number of anilines is 4. The maximum absolute atomic E-state index is 7.91. The Hall–Kier alpha value is -8.60. The molecule has 0 bridgehead atoms. The minimum absolute atomic E-state index is 0.0266. The fourth-order valence-electron chi connectivity index (χ4n) is 11.3. The summed E-state index contributed by atoms with van der Waals surface area (Å²) in [5.74, 6) is 2.22. The quantitative estimate of drug-likeness (QED) is 0.149. The second-order valence-electron chi connectivity index (χ2n) is 25.3. The van der Waals surface area contributed by atoms with Gasteiger partial charge in [0.05, 0.1) is 40.1 Å². The predicted molar refractivity (Wildman–Crippen MR) is 326 cm³/mol. The van der Waals surface area contributed by atoms with Crippen LogP contribution in [0.1, 0.15) is 105 Å². The van der Waals surface area contributed by atoms with Crippen LogP contribution in [0.4, 0.5) is 28.4 Å². The van der Waals surface area contributed by atoms with Crippen molar-refractivity contribution in [1.82, 2.24) is 9.55 Å². The maximum Gasteiger partial charge on any atom is 0.229 e. The van der Waals surface area contributed by atoms with Crippen LogP contribution >= 0.6 is 0 Å². The summed E-state index contributed by atoms with van der Waals surface area (Å²) >= 11 is 0. The molecule has 4 heterocycles. The van der Waals surface area contributed by atoms with Crippen molar-refractivity contribution in [3.8, 4) is 39.6 Å². The molecule has 0 radical (unpaired) electrons. The van der Waals surface area contributed by atoms with E-state index in [0.29, 0.717) is 23.7 Å². The maximum atomic E-state index is 7.91. The molecular weight excluding hydrogens is 955 g/mol. The van der Waals surface area contributed by atoms with Gasteiger partial charge in [0.2, 0.25) is 5.69 Å². The molecular formula is C71H67N5O2. The average Bonchev–Trinajstić information content (AvgIpc) is 4.28. The van der Waals surface area contributed by atoms with Gasteiger partial charge in [0, 0.05) is 51.3 Å². The van der Waals surface area contributed by atoms with Gasteiger partial charge in [-0.25, -0.2) is 9.83 Å². The first-order valence-corrected chi connectivity index (χ1v) is 27.2. The molecule has 388 valence electrons. The van der Waals surface area contributed by atoms with Crippen molar-refractivity contribution in [2.75, 3.05) is 16.5 Å². The molecule has 78 heavy (non-hydrogen) atoms. The fourth-order valence-corrected chi connectivity index (χ4v) is 11.3. The van der Waals surface area contributed by atoms with E-state index in [1.807, 2.05) is 36.5 Å². The van der Waals surface area contributed by atoms with Crippen molar-refractivity contribution in [1.29, 1.82) is 0 Å². The van der Waals surface area contributed by atoms with Crippen LogP contribution in [0.3, 0.4) is 0 Å². The zero-order chi connectivity index (χ0) is 54.6. The molecule has 1 aliphatic heterocycles. The van der Waals surface area contributed by atoms with E-state index in [-0.39, 0.29) is 21.7 Å². The average molecular weight is 1020 g/mol. The van der Waals surface area contributed by atoms with Gasteiger partial charge in [-0.3, -0.25) is 4.57 Å². The number of ether oxygens (including phenoxy) is 1. The van der Waals surface area contributed by atoms with Crippen LogP contribution in [0.25, 0.3) is 76.7 Å². The van der Waals surface area contributed by atoms with E-state index >= 15 is 0 Å². The molecule has 0 fully saturated rings. The van der Waals surface area contributed by atoms with E-state index in [9.17, 15) is 0 Å². The number of aromatic nitrogens is 2. The van der Waals surface area contributed by atoms with Gasteiger partial charge < -0.3 is 19.0 Å². The van der Waals surface area contributed by atoms with E-state index in [0.717, 1.165) is 66.8 Å². The Morgan fingerprint density at radius 3 is 1.68 bits per heavy atom. The van der Waals surface area contributed by atoms with Gasteiger partial charge in [0.1, 0.15) is 35.2 Å². The lowest BCUT2D eigenvalue weighted by Gasteiger charge is -2.30. The Morgan fingerprint density at radius 2 is 1.06 bits per heavy atom. The molecule has 3 aromatic heterocycles. The highest BCUT2D eigenvalue weighted by molar-refractivity contribution is 6.24. The molecule has 0 saturated carbocycles. The molecule has 1 aliphatic rings. The van der Waals surface area contributed by atoms with Crippen LogP contribution < -0.4 is 14.5 Å². The minimum Gasteiger partial charge on any atom is -0.466 e. The van der Waals surface area contributed by atoms with Gasteiger partial charge in [-0.15, -0.1) is 0 Å². The molecule has 8 aromatic carbocycles. The number of furan rings is 1. The number of nitrogens with zero attached hydrogens (tertiary/aromatic N) is 5. The smallest absolute Gasteiger partial charge is 0.229 e.